The second kappa shape index (κ2) is 8.82. The van der Waals surface area contributed by atoms with Crippen molar-refractivity contribution >= 4 is 34.4 Å². The molecule has 168 valence electrons. The van der Waals surface area contributed by atoms with E-state index in [1.165, 1.54) is 4.90 Å². The van der Waals surface area contributed by atoms with Crippen molar-refractivity contribution in [1.82, 2.24) is 0 Å². The topological polar surface area (TPSA) is 61.9 Å². The monoisotopic (exact) mass is 441 g/mol. The minimum Gasteiger partial charge on any atom is -0.495 e. The number of imide groups is 1. The number of ether oxygens (including phenoxy) is 1. The number of hydrogen-bond acceptors (Lipinski definition) is 5. The molecule has 0 aliphatic carbocycles. The first-order valence-corrected chi connectivity index (χ1v) is 10.7. The van der Waals surface area contributed by atoms with Crippen molar-refractivity contribution < 1.29 is 14.3 Å². The molecule has 1 aliphatic heterocycles. The molecule has 0 unspecified atom stereocenters. The molecule has 0 bridgehead atoms. The first-order chi connectivity index (χ1) is 15.8. The third kappa shape index (κ3) is 4.20. The molecule has 0 saturated heterocycles. The number of benzene rings is 3. The fraction of sp³-hybridized carbons (Fsp3) is 0.185. The number of nitrogens with one attached hydrogen (secondary N) is 1. The minimum absolute atomic E-state index is 0.225. The van der Waals surface area contributed by atoms with Crippen molar-refractivity contribution in [1.29, 1.82) is 0 Å². The van der Waals surface area contributed by atoms with Crippen molar-refractivity contribution in [3.63, 3.8) is 0 Å². The predicted molar refractivity (Wildman–Crippen MR) is 133 cm³/mol. The summed E-state index contributed by atoms with van der Waals surface area (Å²) in [6, 6.07) is 20.6. The average molecular weight is 442 g/mol. The maximum atomic E-state index is 13.7. The molecule has 0 radical (unpaired) electrons. The van der Waals surface area contributed by atoms with Crippen LogP contribution in [0.25, 0.3) is 5.57 Å². The maximum absolute atomic E-state index is 13.7. The van der Waals surface area contributed by atoms with E-state index in [1.54, 1.807) is 13.2 Å². The molecular weight excluding hydrogens is 414 g/mol. The normalized spacial score (nSPS) is 13.5. The summed E-state index contributed by atoms with van der Waals surface area (Å²) < 4.78 is 5.48. The first-order valence-electron chi connectivity index (χ1n) is 10.7. The lowest BCUT2D eigenvalue weighted by Gasteiger charge is -2.19. The molecule has 0 saturated carbocycles. The van der Waals surface area contributed by atoms with Gasteiger partial charge in [-0.25, -0.2) is 4.90 Å². The number of nitrogens with zero attached hydrogens (tertiary/aromatic N) is 2. The molecule has 6 nitrogen and oxygen atoms in total. The van der Waals surface area contributed by atoms with E-state index in [0.29, 0.717) is 28.3 Å². The number of aryl methyl sites for hydroxylation is 2. The third-order valence-corrected chi connectivity index (χ3v) is 5.64. The molecule has 1 aliphatic rings. The van der Waals surface area contributed by atoms with Gasteiger partial charge in [-0.3, -0.25) is 9.59 Å². The van der Waals surface area contributed by atoms with Gasteiger partial charge in [0.25, 0.3) is 11.8 Å². The number of carbonyl (C=O) groups is 2. The number of anilines is 3. The summed E-state index contributed by atoms with van der Waals surface area (Å²) >= 11 is 0. The maximum Gasteiger partial charge on any atom is 0.282 e. The Morgan fingerprint density at radius 1 is 0.848 bits per heavy atom. The van der Waals surface area contributed by atoms with E-state index in [1.807, 2.05) is 93.5 Å². The second-order valence-corrected chi connectivity index (χ2v) is 8.30. The van der Waals surface area contributed by atoms with Crippen LogP contribution in [0.4, 0.5) is 17.1 Å². The quantitative estimate of drug-likeness (QED) is 0.558. The number of methoxy groups -OCH3 is 1. The summed E-state index contributed by atoms with van der Waals surface area (Å²) in [4.78, 5) is 30.5. The van der Waals surface area contributed by atoms with Crippen LogP contribution >= 0.6 is 0 Å². The Bertz CT molecular complexity index is 1260. The van der Waals surface area contributed by atoms with Crippen LogP contribution in [-0.2, 0) is 9.59 Å². The number of hydrogen-bond donors (Lipinski definition) is 1. The molecule has 0 aromatic heterocycles. The fourth-order valence-corrected chi connectivity index (χ4v) is 3.83. The van der Waals surface area contributed by atoms with Crippen molar-refractivity contribution in [3.05, 3.63) is 89.1 Å². The zero-order valence-electron chi connectivity index (χ0n) is 19.5. The molecule has 33 heavy (non-hydrogen) atoms. The summed E-state index contributed by atoms with van der Waals surface area (Å²) in [5.74, 6) is -0.187. The highest BCUT2D eigenvalue weighted by molar-refractivity contribution is 6.46. The molecule has 0 atom stereocenters. The predicted octanol–water partition coefficient (Wildman–Crippen LogP) is 4.77. The van der Waals surface area contributed by atoms with Gasteiger partial charge in [0.05, 0.1) is 24.1 Å². The average Bonchev–Trinajstić information content (AvgIpc) is 3.04. The van der Waals surface area contributed by atoms with E-state index < -0.39 is 5.91 Å². The molecule has 0 spiro atoms. The largest absolute Gasteiger partial charge is 0.495 e. The number of carbonyl (C=O) groups excluding carboxylic acids is 2. The highest BCUT2D eigenvalue weighted by atomic mass is 16.5. The Morgan fingerprint density at radius 2 is 1.55 bits per heavy atom. The molecule has 2 amide bonds. The van der Waals surface area contributed by atoms with E-state index in [0.717, 1.165) is 16.8 Å². The summed E-state index contributed by atoms with van der Waals surface area (Å²) in [5.41, 5.74) is 5.36. The second-order valence-electron chi connectivity index (χ2n) is 8.30. The van der Waals surface area contributed by atoms with Crippen LogP contribution in [0.3, 0.4) is 0 Å². The van der Waals surface area contributed by atoms with E-state index in [9.17, 15) is 9.59 Å². The smallest absolute Gasteiger partial charge is 0.282 e. The zero-order valence-corrected chi connectivity index (χ0v) is 19.5. The molecule has 3 aromatic rings. The van der Waals surface area contributed by atoms with Gasteiger partial charge in [0.1, 0.15) is 11.4 Å². The fourth-order valence-electron chi connectivity index (χ4n) is 3.83. The van der Waals surface area contributed by atoms with Crippen LogP contribution in [0, 0.1) is 13.8 Å². The van der Waals surface area contributed by atoms with Gasteiger partial charge in [0.15, 0.2) is 0 Å². The molecule has 1 heterocycles. The van der Waals surface area contributed by atoms with Crippen molar-refractivity contribution in [2.75, 3.05) is 36.3 Å². The Labute approximate surface area is 194 Å². The Kier molecular flexibility index (Phi) is 5.92. The van der Waals surface area contributed by atoms with Crippen molar-refractivity contribution in [3.8, 4) is 5.75 Å². The molecule has 4 rings (SSSR count). The van der Waals surface area contributed by atoms with Crippen LogP contribution in [-0.4, -0.2) is 33.0 Å². The van der Waals surface area contributed by atoms with E-state index >= 15 is 0 Å². The Hall–Kier alpha value is -4.06. The summed E-state index contributed by atoms with van der Waals surface area (Å²) in [7, 11) is 5.41. The Morgan fingerprint density at radius 3 is 2.21 bits per heavy atom. The SMILES string of the molecule is COc1ccc(C)cc1NC1=C(c2ccc(C)cc2)C(=O)N(c2cccc(N(C)C)c2)C1=O. The molecule has 1 N–H and O–H groups in total. The Balaban J connectivity index is 1.85. The van der Waals surface area contributed by atoms with E-state index in [2.05, 4.69) is 5.32 Å². The number of amides is 2. The van der Waals surface area contributed by atoms with Gasteiger partial charge in [-0.15, -0.1) is 0 Å². The van der Waals surface area contributed by atoms with Crippen LogP contribution in [0.15, 0.2) is 72.4 Å². The molecule has 6 heteroatoms. The van der Waals surface area contributed by atoms with Gasteiger partial charge in [0.2, 0.25) is 0 Å². The van der Waals surface area contributed by atoms with Gasteiger partial charge >= 0.3 is 0 Å². The van der Waals surface area contributed by atoms with Crippen LogP contribution in [0.2, 0.25) is 0 Å². The number of rotatable bonds is 6. The van der Waals surface area contributed by atoms with E-state index in [4.69, 9.17) is 4.74 Å². The van der Waals surface area contributed by atoms with Crippen molar-refractivity contribution in [2.45, 2.75) is 13.8 Å². The first kappa shape index (κ1) is 22.1. The van der Waals surface area contributed by atoms with Gasteiger partial charge in [-0.05, 0) is 55.3 Å². The lowest BCUT2D eigenvalue weighted by Crippen LogP contribution is -2.32. The van der Waals surface area contributed by atoms with Gasteiger partial charge in [0, 0.05) is 19.8 Å². The van der Waals surface area contributed by atoms with E-state index in [-0.39, 0.29) is 11.6 Å². The van der Waals surface area contributed by atoms with Crippen LogP contribution in [0.5, 0.6) is 5.75 Å². The molecule has 0 fully saturated rings. The third-order valence-electron chi connectivity index (χ3n) is 5.64. The summed E-state index contributed by atoms with van der Waals surface area (Å²) in [6.45, 7) is 3.94. The highest BCUT2D eigenvalue weighted by Gasteiger charge is 2.40. The highest BCUT2D eigenvalue weighted by Crippen LogP contribution is 2.36. The minimum atomic E-state index is -0.407. The summed E-state index contributed by atoms with van der Waals surface area (Å²) in [6.07, 6.45) is 0. The van der Waals surface area contributed by atoms with Gasteiger partial charge in [-0.1, -0.05) is 42.0 Å². The van der Waals surface area contributed by atoms with Gasteiger partial charge < -0.3 is 15.0 Å². The van der Waals surface area contributed by atoms with Gasteiger partial charge in [-0.2, -0.15) is 0 Å². The zero-order chi connectivity index (χ0) is 23.7. The lowest BCUT2D eigenvalue weighted by molar-refractivity contribution is -0.120. The van der Waals surface area contributed by atoms with Crippen LogP contribution in [0.1, 0.15) is 16.7 Å². The molecular formula is C27H27N3O3. The lowest BCUT2D eigenvalue weighted by atomic mass is 10.0. The van der Waals surface area contributed by atoms with Crippen molar-refractivity contribution in [2.24, 2.45) is 0 Å². The molecule has 3 aromatic carbocycles. The van der Waals surface area contributed by atoms with Crippen LogP contribution < -0.4 is 19.9 Å². The summed E-state index contributed by atoms with van der Waals surface area (Å²) in [5, 5.41) is 3.21. The standard InChI is InChI=1S/C27H27N3O3/c1-17-9-12-19(13-10-17)24-25(28-22-15-18(2)11-14-23(22)33-5)27(32)30(26(24)31)21-8-6-7-20(16-21)29(3)4/h6-16,28H,1-5H3.